The maximum Gasteiger partial charge on any atom is 0.321 e. The van der Waals surface area contributed by atoms with E-state index in [1.807, 2.05) is 43.5 Å². The van der Waals surface area contributed by atoms with Crippen molar-refractivity contribution in [2.45, 2.75) is 18.6 Å². The molecule has 1 aliphatic rings. The van der Waals surface area contributed by atoms with Crippen molar-refractivity contribution in [1.82, 2.24) is 9.88 Å². The third-order valence-corrected chi connectivity index (χ3v) is 6.57. The van der Waals surface area contributed by atoms with Crippen molar-refractivity contribution in [1.29, 1.82) is 0 Å². The summed E-state index contributed by atoms with van der Waals surface area (Å²) >= 11 is 1.58. The van der Waals surface area contributed by atoms with Crippen LogP contribution in [0.1, 0.15) is 13.8 Å². The fourth-order valence-corrected chi connectivity index (χ4v) is 4.40. The largest absolute Gasteiger partial charge is 0.322 e. The van der Waals surface area contributed by atoms with E-state index in [1.165, 1.54) is 0 Å². The predicted molar refractivity (Wildman–Crippen MR) is 95.2 cm³/mol. The molecule has 2 heterocycles. The van der Waals surface area contributed by atoms with Gasteiger partial charge in [-0.05, 0) is 38.1 Å². The first-order chi connectivity index (χ1) is 11.0. The van der Waals surface area contributed by atoms with Gasteiger partial charge in [-0.1, -0.05) is 0 Å². The number of urea groups is 1. The summed E-state index contributed by atoms with van der Waals surface area (Å²) < 4.78 is 11.6. The fraction of sp³-hybridized carbons (Fsp3) is 0.375. The van der Waals surface area contributed by atoms with E-state index in [-0.39, 0.29) is 10.8 Å². The van der Waals surface area contributed by atoms with Crippen LogP contribution in [-0.2, 0) is 10.8 Å². The second-order valence-corrected chi connectivity index (χ2v) is 9.17. The van der Waals surface area contributed by atoms with Gasteiger partial charge < -0.3 is 10.2 Å². The molecule has 0 saturated carbocycles. The number of benzene rings is 1. The van der Waals surface area contributed by atoms with E-state index in [2.05, 4.69) is 10.3 Å². The number of aromatic nitrogens is 1. The summed E-state index contributed by atoms with van der Waals surface area (Å²) in [4.78, 5) is 18.4. The third kappa shape index (κ3) is 3.61. The minimum Gasteiger partial charge on any atom is -0.322 e. The zero-order chi connectivity index (χ0) is 16.4. The molecule has 3 rings (SSSR count). The zero-order valence-corrected chi connectivity index (χ0v) is 14.7. The lowest BCUT2D eigenvalue weighted by Gasteiger charge is -2.37. The number of nitrogens with one attached hydrogen (secondary N) is 1. The summed E-state index contributed by atoms with van der Waals surface area (Å²) in [7, 11) is -0.882. The first kappa shape index (κ1) is 16.1. The van der Waals surface area contributed by atoms with E-state index >= 15 is 0 Å². The molecule has 1 aliphatic heterocycles. The average Bonchev–Trinajstić information content (AvgIpc) is 3.05. The van der Waals surface area contributed by atoms with Crippen LogP contribution in [0.4, 0.5) is 10.5 Å². The van der Waals surface area contributed by atoms with Gasteiger partial charge in [0.1, 0.15) is 5.01 Å². The number of hydrogen-bond donors (Lipinski definition) is 1. The molecule has 1 aromatic carbocycles. The molecule has 1 saturated heterocycles. The summed E-state index contributed by atoms with van der Waals surface area (Å²) in [6.07, 6.45) is 1.78. The SMILES string of the molecule is CC1(C)CN(C(=O)Nc2ccc(-c3nccs3)cc2)CC[S@@]1=O. The van der Waals surface area contributed by atoms with Crippen LogP contribution in [0.2, 0.25) is 0 Å². The van der Waals surface area contributed by atoms with E-state index in [0.717, 1.165) is 16.3 Å². The molecule has 23 heavy (non-hydrogen) atoms. The monoisotopic (exact) mass is 349 g/mol. The zero-order valence-electron chi connectivity index (χ0n) is 13.1. The highest BCUT2D eigenvalue weighted by Gasteiger charge is 2.35. The molecule has 0 spiro atoms. The molecule has 5 nitrogen and oxygen atoms in total. The maximum absolute atomic E-state index is 12.4. The number of anilines is 1. The molecule has 2 amide bonds. The molecule has 1 aromatic heterocycles. The molecule has 0 radical (unpaired) electrons. The Bertz CT molecular complexity index is 711. The Morgan fingerprint density at radius 2 is 2.09 bits per heavy atom. The number of rotatable bonds is 2. The molecule has 2 aromatic rings. The lowest BCUT2D eigenvalue weighted by atomic mass is 10.2. The van der Waals surface area contributed by atoms with Gasteiger partial charge in [0.15, 0.2) is 0 Å². The molecule has 0 aliphatic carbocycles. The van der Waals surface area contributed by atoms with Gasteiger partial charge in [-0.25, -0.2) is 9.78 Å². The van der Waals surface area contributed by atoms with Gasteiger partial charge in [0.25, 0.3) is 0 Å². The van der Waals surface area contributed by atoms with Gasteiger partial charge in [0.05, 0.1) is 4.75 Å². The number of amides is 2. The standard InChI is InChI=1S/C16H19N3O2S2/c1-16(2)11-19(8-10-23(16)21)15(20)18-13-5-3-12(4-6-13)14-17-7-9-22-14/h3-7,9H,8,10-11H2,1-2H3,(H,18,20)/t23-/m0/s1. The smallest absolute Gasteiger partial charge is 0.321 e. The molecule has 1 atom stereocenters. The number of thiazole rings is 1. The van der Waals surface area contributed by atoms with Crippen LogP contribution in [0.25, 0.3) is 10.6 Å². The van der Waals surface area contributed by atoms with Crippen LogP contribution in [0.5, 0.6) is 0 Å². The Kier molecular flexibility index (Phi) is 4.50. The molecule has 1 fully saturated rings. The highest BCUT2D eigenvalue weighted by Crippen LogP contribution is 2.24. The Labute approximate surface area is 142 Å². The van der Waals surface area contributed by atoms with Crippen LogP contribution in [0, 0.1) is 0 Å². The van der Waals surface area contributed by atoms with Crippen molar-refractivity contribution in [3.8, 4) is 10.6 Å². The van der Waals surface area contributed by atoms with Gasteiger partial charge in [0, 0.05) is 52.5 Å². The Morgan fingerprint density at radius 1 is 1.35 bits per heavy atom. The summed E-state index contributed by atoms with van der Waals surface area (Å²) in [5.74, 6) is 0.531. The van der Waals surface area contributed by atoms with Crippen molar-refractivity contribution in [3.05, 3.63) is 35.8 Å². The summed E-state index contributed by atoms with van der Waals surface area (Å²) in [6, 6.07) is 7.51. The average molecular weight is 349 g/mol. The minimum atomic E-state index is -0.882. The summed E-state index contributed by atoms with van der Waals surface area (Å²) in [6.45, 7) is 4.90. The van der Waals surface area contributed by atoms with Crippen molar-refractivity contribution in [3.63, 3.8) is 0 Å². The van der Waals surface area contributed by atoms with Crippen molar-refractivity contribution >= 4 is 33.9 Å². The van der Waals surface area contributed by atoms with E-state index < -0.39 is 10.8 Å². The second kappa shape index (κ2) is 6.41. The van der Waals surface area contributed by atoms with Crippen LogP contribution < -0.4 is 5.32 Å². The summed E-state index contributed by atoms with van der Waals surface area (Å²) in [5.41, 5.74) is 1.78. The van der Waals surface area contributed by atoms with Crippen molar-refractivity contribution in [2.75, 3.05) is 24.2 Å². The molecule has 0 bridgehead atoms. The Morgan fingerprint density at radius 3 is 2.70 bits per heavy atom. The van der Waals surface area contributed by atoms with Gasteiger partial charge in [0.2, 0.25) is 0 Å². The number of carbonyl (C=O) groups excluding carboxylic acids is 1. The first-order valence-corrected chi connectivity index (χ1v) is 9.60. The highest BCUT2D eigenvalue weighted by atomic mass is 32.2. The van der Waals surface area contributed by atoms with Gasteiger partial charge in [-0.3, -0.25) is 4.21 Å². The lowest BCUT2D eigenvalue weighted by Crippen LogP contribution is -2.53. The topological polar surface area (TPSA) is 62.3 Å². The number of hydrogen-bond acceptors (Lipinski definition) is 4. The second-order valence-electron chi connectivity index (χ2n) is 6.08. The number of carbonyl (C=O) groups is 1. The fourth-order valence-electron chi connectivity index (χ4n) is 2.52. The van der Waals surface area contributed by atoms with Gasteiger partial charge in [-0.15, -0.1) is 11.3 Å². The molecular formula is C16H19N3O2S2. The summed E-state index contributed by atoms with van der Waals surface area (Å²) in [5, 5.41) is 5.81. The first-order valence-electron chi connectivity index (χ1n) is 7.40. The Balaban J connectivity index is 1.65. The van der Waals surface area contributed by atoms with E-state index in [9.17, 15) is 9.00 Å². The van der Waals surface area contributed by atoms with Gasteiger partial charge >= 0.3 is 6.03 Å². The van der Waals surface area contributed by atoms with Crippen LogP contribution in [0.3, 0.4) is 0 Å². The van der Waals surface area contributed by atoms with E-state index in [1.54, 1.807) is 22.4 Å². The minimum absolute atomic E-state index is 0.142. The Hall–Kier alpha value is -1.73. The molecular weight excluding hydrogens is 330 g/mol. The van der Waals surface area contributed by atoms with Crippen molar-refractivity contribution in [2.24, 2.45) is 0 Å². The molecule has 122 valence electrons. The van der Waals surface area contributed by atoms with Crippen LogP contribution >= 0.6 is 11.3 Å². The predicted octanol–water partition coefficient (Wildman–Crippen LogP) is 3.18. The highest BCUT2D eigenvalue weighted by molar-refractivity contribution is 7.86. The van der Waals surface area contributed by atoms with E-state index in [0.29, 0.717) is 18.8 Å². The lowest BCUT2D eigenvalue weighted by molar-refractivity contribution is 0.207. The van der Waals surface area contributed by atoms with Gasteiger partial charge in [-0.2, -0.15) is 0 Å². The number of nitrogens with zero attached hydrogens (tertiary/aromatic N) is 2. The molecule has 1 N–H and O–H groups in total. The van der Waals surface area contributed by atoms with Crippen LogP contribution in [0.15, 0.2) is 35.8 Å². The molecule has 0 unspecified atom stereocenters. The maximum atomic E-state index is 12.4. The van der Waals surface area contributed by atoms with E-state index in [4.69, 9.17) is 0 Å². The van der Waals surface area contributed by atoms with Crippen LogP contribution in [-0.4, -0.2) is 43.7 Å². The normalized spacial score (nSPS) is 20.3. The quantitative estimate of drug-likeness (QED) is 0.906. The van der Waals surface area contributed by atoms with Crippen molar-refractivity contribution < 1.29 is 9.00 Å². The third-order valence-electron chi connectivity index (χ3n) is 3.84. The molecule has 7 heteroatoms.